The molecule has 192 valence electrons. The Morgan fingerprint density at radius 1 is 0.889 bits per heavy atom. The monoisotopic (exact) mass is 524 g/mol. The van der Waals surface area contributed by atoms with Gasteiger partial charge < -0.3 is 23.1 Å². The molecule has 0 radical (unpaired) electrons. The number of fused-ring (bicyclic) bond motifs is 1. The van der Waals surface area contributed by atoms with E-state index in [0.29, 0.717) is 22.8 Å². The molecule has 11 heteroatoms. The van der Waals surface area contributed by atoms with E-state index in [1.807, 2.05) is 0 Å². The summed E-state index contributed by atoms with van der Waals surface area (Å²) in [6.07, 6.45) is -0.531. The van der Waals surface area contributed by atoms with E-state index in [1.54, 1.807) is 55.5 Å². The van der Waals surface area contributed by atoms with Gasteiger partial charge in [0.25, 0.3) is 0 Å². The highest BCUT2D eigenvalue weighted by Gasteiger charge is 2.49. The second-order valence-electron chi connectivity index (χ2n) is 8.04. The SMILES string of the molecule is COc1ccc([C@H]2Oc3cc(OCc4ccccc4)c(OS(=O)(=O)C(F)(F)F)cc3[C@@H]2C)cc1OC. The van der Waals surface area contributed by atoms with E-state index < -0.39 is 27.5 Å². The average Bonchev–Trinajstić information content (AvgIpc) is 3.17. The van der Waals surface area contributed by atoms with E-state index in [-0.39, 0.29) is 18.3 Å². The Bertz CT molecular complexity index is 1340. The molecule has 7 nitrogen and oxygen atoms in total. The standard InChI is InChI=1S/C25H23F3O7S/c1-15-18-12-23(35-36(29,30)25(26,27)28)22(33-14-16-7-5-4-6-8-16)13-20(18)34-24(15)17-9-10-19(31-2)21(11-17)32-3/h4-13,15,24H,14H2,1-3H3/t15-,24-/m0/s1. The quantitative estimate of drug-likeness (QED) is 0.274. The van der Waals surface area contributed by atoms with Crippen LogP contribution in [0.15, 0.2) is 60.7 Å². The minimum absolute atomic E-state index is 0.0310. The summed E-state index contributed by atoms with van der Waals surface area (Å²) < 4.78 is 89.7. The summed E-state index contributed by atoms with van der Waals surface area (Å²) in [4.78, 5) is 0. The van der Waals surface area contributed by atoms with Crippen molar-refractivity contribution < 1.29 is 44.7 Å². The zero-order chi connectivity index (χ0) is 26.1. The van der Waals surface area contributed by atoms with Crippen molar-refractivity contribution in [2.45, 2.75) is 31.1 Å². The lowest BCUT2D eigenvalue weighted by molar-refractivity contribution is -0.0500. The van der Waals surface area contributed by atoms with Gasteiger partial charge in [-0.25, -0.2) is 0 Å². The number of benzene rings is 3. The normalized spacial score (nSPS) is 17.2. The first-order valence-corrected chi connectivity index (χ1v) is 12.2. The fourth-order valence-corrected chi connectivity index (χ4v) is 4.34. The van der Waals surface area contributed by atoms with Crippen LogP contribution < -0.4 is 23.1 Å². The predicted octanol–water partition coefficient (Wildman–Crippen LogP) is 5.75. The second kappa shape index (κ2) is 9.81. The molecule has 36 heavy (non-hydrogen) atoms. The fourth-order valence-electron chi connectivity index (χ4n) is 3.88. The molecule has 0 saturated heterocycles. The van der Waals surface area contributed by atoms with Crippen molar-refractivity contribution in [1.29, 1.82) is 0 Å². The van der Waals surface area contributed by atoms with Crippen molar-refractivity contribution in [2.75, 3.05) is 14.2 Å². The van der Waals surface area contributed by atoms with E-state index in [9.17, 15) is 21.6 Å². The summed E-state index contributed by atoms with van der Waals surface area (Å²) in [5.74, 6) is 0.193. The van der Waals surface area contributed by atoms with Crippen LogP contribution in [0.3, 0.4) is 0 Å². The summed E-state index contributed by atoms with van der Waals surface area (Å²) in [6.45, 7) is 1.77. The lowest BCUT2D eigenvalue weighted by Gasteiger charge is -2.17. The topological polar surface area (TPSA) is 80.3 Å². The number of hydrogen-bond acceptors (Lipinski definition) is 7. The molecule has 0 amide bonds. The molecule has 1 aliphatic heterocycles. The number of halogens is 3. The largest absolute Gasteiger partial charge is 0.534 e. The van der Waals surface area contributed by atoms with Crippen LogP contribution in [0.4, 0.5) is 13.2 Å². The summed E-state index contributed by atoms with van der Waals surface area (Å²) in [5.41, 5.74) is -3.68. The first kappa shape index (κ1) is 25.5. The number of alkyl halides is 3. The Balaban J connectivity index is 1.70. The molecular weight excluding hydrogens is 501 g/mol. The maximum Gasteiger partial charge on any atom is 0.534 e. The van der Waals surface area contributed by atoms with Gasteiger partial charge in [0.05, 0.1) is 14.2 Å². The Morgan fingerprint density at radius 3 is 2.22 bits per heavy atom. The Kier molecular flexibility index (Phi) is 6.94. The molecule has 0 N–H and O–H groups in total. The molecule has 0 fully saturated rings. The van der Waals surface area contributed by atoms with Crippen LogP contribution in [-0.4, -0.2) is 28.1 Å². The van der Waals surface area contributed by atoms with E-state index in [2.05, 4.69) is 4.18 Å². The van der Waals surface area contributed by atoms with E-state index >= 15 is 0 Å². The second-order valence-corrected chi connectivity index (χ2v) is 9.57. The highest BCUT2D eigenvalue weighted by Crippen LogP contribution is 2.51. The number of methoxy groups -OCH3 is 2. The molecule has 1 heterocycles. The summed E-state index contributed by atoms with van der Waals surface area (Å²) in [5, 5.41) is 0. The molecule has 0 saturated carbocycles. The van der Waals surface area contributed by atoms with Crippen LogP contribution in [0.25, 0.3) is 0 Å². The van der Waals surface area contributed by atoms with Gasteiger partial charge in [-0.15, -0.1) is 0 Å². The first-order valence-electron chi connectivity index (χ1n) is 10.8. The summed E-state index contributed by atoms with van der Waals surface area (Å²) in [7, 11) is -2.92. The Morgan fingerprint density at radius 2 is 1.58 bits per heavy atom. The number of hydrogen-bond donors (Lipinski definition) is 0. The maximum absolute atomic E-state index is 13.1. The molecule has 0 unspecified atom stereocenters. The summed E-state index contributed by atoms with van der Waals surface area (Å²) >= 11 is 0. The van der Waals surface area contributed by atoms with Gasteiger partial charge in [0.1, 0.15) is 18.5 Å². The van der Waals surface area contributed by atoms with Gasteiger partial charge in [0.15, 0.2) is 23.0 Å². The van der Waals surface area contributed by atoms with Crippen molar-refractivity contribution in [3.63, 3.8) is 0 Å². The third kappa shape index (κ3) is 5.01. The van der Waals surface area contributed by atoms with Crippen LogP contribution in [0, 0.1) is 0 Å². The lowest BCUT2D eigenvalue weighted by atomic mass is 9.92. The third-order valence-corrected chi connectivity index (χ3v) is 6.70. The van der Waals surface area contributed by atoms with Crippen molar-refractivity contribution >= 4 is 10.1 Å². The number of rotatable bonds is 8. The highest BCUT2D eigenvalue weighted by atomic mass is 32.2. The van der Waals surface area contributed by atoms with Crippen LogP contribution in [0.5, 0.6) is 28.7 Å². The highest BCUT2D eigenvalue weighted by molar-refractivity contribution is 7.88. The van der Waals surface area contributed by atoms with E-state index in [4.69, 9.17) is 18.9 Å². The van der Waals surface area contributed by atoms with Crippen molar-refractivity contribution in [3.8, 4) is 28.7 Å². The molecule has 4 rings (SSSR count). The van der Waals surface area contributed by atoms with Crippen LogP contribution >= 0.6 is 0 Å². The average molecular weight is 525 g/mol. The smallest absolute Gasteiger partial charge is 0.493 e. The van der Waals surface area contributed by atoms with Crippen LogP contribution in [0.1, 0.15) is 35.6 Å². The minimum atomic E-state index is -5.92. The minimum Gasteiger partial charge on any atom is -0.493 e. The molecule has 1 aliphatic rings. The van der Waals surface area contributed by atoms with Gasteiger partial charge in [-0.3, -0.25) is 0 Å². The lowest BCUT2D eigenvalue weighted by Crippen LogP contribution is -2.28. The zero-order valence-electron chi connectivity index (χ0n) is 19.5. The van der Waals surface area contributed by atoms with Gasteiger partial charge in [0, 0.05) is 17.5 Å². The molecule has 0 aromatic heterocycles. The maximum atomic E-state index is 13.1. The zero-order valence-corrected chi connectivity index (χ0v) is 20.4. The van der Waals surface area contributed by atoms with Crippen molar-refractivity contribution in [3.05, 3.63) is 77.4 Å². The molecule has 3 aromatic rings. The van der Waals surface area contributed by atoms with Gasteiger partial charge in [-0.05, 0) is 29.3 Å². The molecule has 3 aromatic carbocycles. The summed E-state index contributed by atoms with van der Waals surface area (Å²) in [6, 6.07) is 16.6. The van der Waals surface area contributed by atoms with Crippen LogP contribution in [0.2, 0.25) is 0 Å². The molecule has 0 spiro atoms. The van der Waals surface area contributed by atoms with Crippen molar-refractivity contribution in [2.24, 2.45) is 0 Å². The molecular formula is C25H23F3O7S. The Hall–Kier alpha value is -3.60. The molecule has 2 atom stereocenters. The van der Waals surface area contributed by atoms with E-state index in [1.165, 1.54) is 26.4 Å². The van der Waals surface area contributed by atoms with Gasteiger partial charge >= 0.3 is 15.6 Å². The van der Waals surface area contributed by atoms with Crippen LogP contribution in [-0.2, 0) is 16.7 Å². The molecule has 0 bridgehead atoms. The van der Waals surface area contributed by atoms with Gasteiger partial charge in [-0.2, -0.15) is 21.6 Å². The predicted molar refractivity (Wildman–Crippen MR) is 124 cm³/mol. The number of ether oxygens (including phenoxy) is 4. The Labute approximate surface area is 206 Å². The van der Waals surface area contributed by atoms with Crippen molar-refractivity contribution in [1.82, 2.24) is 0 Å². The first-order chi connectivity index (χ1) is 17.0. The van der Waals surface area contributed by atoms with Gasteiger partial charge in [0.2, 0.25) is 0 Å². The van der Waals surface area contributed by atoms with Gasteiger partial charge in [-0.1, -0.05) is 43.3 Å². The molecule has 0 aliphatic carbocycles. The fraction of sp³-hybridized carbons (Fsp3) is 0.280. The third-order valence-electron chi connectivity index (χ3n) is 5.73. The van der Waals surface area contributed by atoms with E-state index in [0.717, 1.165) is 11.1 Å².